The van der Waals surface area contributed by atoms with Crippen LogP contribution in [0.1, 0.15) is 44.1 Å². The summed E-state index contributed by atoms with van der Waals surface area (Å²) in [5, 5.41) is 30.4. The monoisotopic (exact) mass is 349 g/mol. The molecule has 0 heterocycles. The van der Waals surface area contributed by atoms with Gasteiger partial charge in [0, 0.05) is 6.42 Å². The highest BCUT2D eigenvalue weighted by Gasteiger charge is 2.12. The molecule has 0 bridgehead atoms. The minimum Gasteiger partial charge on any atom is -0.508 e. The van der Waals surface area contributed by atoms with Crippen molar-refractivity contribution in [1.29, 1.82) is 0 Å². The molecule has 25 heavy (non-hydrogen) atoms. The van der Waals surface area contributed by atoms with Crippen molar-refractivity contribution in [1.82, 2.24) is 5.32 Å². The van der Waals surface area contributed by atoms with Crippen molar-refractivity contribution < 1.29 is 24.9 Å². The molecule has 0 aromatic heterocycles. The van der Waals surface area contributed by atoms with Crippen molar-refractivity contribution in [3.8, 4) is 5.75 Å². The number of para-hydroxylation sites is 1. The number of carbonyl (C=O) groups excluding carboxylic acids is 1. The van der Waals surface area contributed by atoms with Crippen molar-refractivity contribution in [2.75, 3.05) is 6.61 Å². The van der Waals surface area contributed by atoms with Gasteiger partial charge in [0.25, 0.3) is 0 Å². The number of nitrogens with one attached hydrogen (secondary N) is 1. The fourth-order valence-electron chi connectivity index (χ4n) is 2.44. The van der Waals surface area contributed by atoms with Gasteiger partial charge in [-0.25, -0.2) is 0 Å². The van der Waals surface area contributed by atoms with Gasteiger partial charge in [-0.15, -0.1) is 0 Å². The number of carboxylic acid groups (broad SMARTS) is 1. The van der Waals surface area contributed by atoms with Gasteiger partial charge in [0.15, 0.2) is 0 Å². The van der Waals surface area contributed by atoms with Crippen LogP contribution in [0.25, 0.3) is 0 Å². The average Bonchev–Trinajstić information content (AvgIpc) is 2.58. The van der Waals surface area contributed by atoms with Crippen LogP contribution in [0.2, 0.25) is 0 Å². The molecular formula is C19H27NO5. The lowest BCUT2D eigenvalue weighted by Gasteiger charge is -2.15. The molecule has 1 aromatic rings. The lowest BCUT2D eigenvalue weighted by atomic mass is 10.1. The zero-order valence-electron chi connectivity index (χ0n) is 14.4. The van der Waals surface area contributed by atoms with Crippen LogP contribution in [0.3, 0.4) is 0 Å². The highest BCUT2D eigenvalue weighted by atomic mass is 16.4. The molecule has 0 saturated carbocycles. The van der Waals surface area contributed by atoms with Crippen LogP contribution in [-0.2, 0) is 16.0 Å². The van der Waals surface area contributed by atoms with E-state index in [0.29, 0.717) is 18.4 Å². The zero-order valence-corrected chi connectivity index (χ0v) is 14.4. The van der Waals surface area contributed by atoms with E-state index in [4.69, 9.17) is 5.11 Å². The van der Waals surface area contributed by atoms with Gasteiger partial charge in [0.1, 0.15) is 5.75 Å². The maximum absolute atomic E-state index is 11.9. The summed E-state index contributed by atoms with van der Waals surface area (Å²) in [6.07, 6.45) is 7.94. The topological polar surface area (TPSA) is 107 Å². The van der Waals surface area contributed by atoms with Gasteiger partial charge in [-0.05, 0) is 43.4 Å². The first kappa shape index (κ1) is 20.7. The second kappa shape index (κ2) is 12.1. The van der Waals surface area contributed by atoms with Crippen molar-refractivity contribution in [3.63, 3.8) is 0 Å². The standard InChI is InChI=1S/C19H27NO5/c21-14-16(13-15-9-7-8-10-17(15)22)20-18(23)11-5-3-1-2-4-6-12-19(24)25/h5,7-11,16,21-22H,1-4,6,12-14H2,(H,20,23)(H,24,25). The Labute approximate surface area is 148 Å². The number of aliphatic hydroxyl groups excluding tert-OH is 1. The predicted octanol–water partition coefficient (Wildman–Crippen LogP) is 2.39. The minimum atomic E-state index is -0.765. The third-order valence-electron chi connectivity index (χ3n) is 3.81. The first-order valence-corrected chi connectivity index (χ1v) is 8.59. The first-order valence-electron chi connectivity index (χ1n) is 8.59. The van der Waals surface area contributed by atoms with E-state index in [1.54, 1.807) is 30.3 Å². The lowest BCUT2D eigenvalue weighted by molar-refractivity contribution is -0.137. The Morgan fingerprint density at radius 1 is 1.12 bits per heavy atom. The minimum absolute atomic E-state index is 0.147. The largest absolute Gasteiger partial charge is 0.508 e. The number of carboxylic acids is 1. The van der Waals surface area contributed by atoms with Gasteiger partial charge in [0.05, 0.1) is 12.6 Å². The maximum Gasteiger partial charge on any atom is 0.303 e. The molecule has 138 valence electrons. The van der Waals surface area contributed by atoms with Crippen LogP contribution in [0, 0.1) is 0 Å². The van der Waals surface area contributed by atoms with E-state index < -0.39 is 12.0 Å². The molecule has 0 aliphatic carbocycles. The predicted molar refractivity (Wildman–Crippen MR) is 95.3 cm³/mol. The SMILES string of the molecule is O=C(O)CCCCCCC=CC(=O)NC(CO)Cc1ccccc1O. The Morgan fingerprint density at radius 2 is 1.84 bits per heavy atom. The summed E-state index contributed by atoms with van der Waals surface area (Å²) >= 11 is 0. The molecule has 0 saturated heterocycles. The molecule has 4 N–H and O–H groups in total. The summed E-state index contributed by atoms with van der Waals surface area (Å²) < 4.78 is 0. The number of phenolic OH excluding ortho intramolecular Hbond substituents is 1. The lowest BCUT2D eigenvalue weighted by Crippen LogP contribution is -2.38. The Kier molecular flexibility index (Phi) is 10.0. The molecule has 1 aromatic carbocycles. The van der Waals surface area contributed by atoms with E-state index in [1.165, 1.54) is 6.08 Å². The van der Waals surface area contributed by atoms with E-state index in [9.17, 15) is 19.8 Å². The number of hydrogen-bond acceptors (Lipinski definition) is 4. The molecule has 0 fully saturated rings. The van der Waals surface area contributed by atoms with Gasteiger partial charge < -0.3 is 20.6 Å². The number of amides is 1. The number of unbranched alkanes of at least 4 members (excludes halogenated alkanes) is 4. The number of aliphatic hydroxyl groups is 1. The highest BCUT2D eigenvalue weighted by molar-refractivity contribution is 5.87. The second-order valence-electron chi connectivity index (χ2n) is 5.97. The Hall–Kier alpha value is -2.34. The van der Waals surface area contributed by atoms with E-state index in [0.717, 1.165) is 25.7 Å². The number of aliphatic carboxylic acids is 1. The number of rotatable bonds is 12. The Morgan fingerprint density at radius 3 is 2.52 bits per heavy atom. The van der Waals surface area contributed by atoms with Gasteiger partial charge in [-0.2, -0.15) is 0 Å². The summed E-state index contributed by atoms with van der Waals surface area (Å²) in [5.74, 6) is -0.896. The van der Waals surface area contributed by atoms with E-state index in [-0.39, 0.29) is 24.7 Å². The molecule has 1 unspecified atom stereocenters. The average molecular weight is 349 g/mol. The maximum atomic E-state index is 11.9. The quantitative estimate of drug-likeness (QED) is 0.342. The van der Waals surface area contributed by atoms with Crippen LogP contribution in [0.15, 0.2) is 36.4 Å². The molecule has 0 spiro atoms. The fraction of sp³-hybridized carbons (Fsp3) is 0.474. The van der Waals surface area contributed by atoms with Crippen LogP contribution in [-0.4, -0.2) is 39.8 Å². The zero-order chi connectivity index (χ0) is 18.5. The third kappa shape index (κ3) is 9.52. The Bertz CT molecular complexity index is 571. The first-order chi connectivity index (χ1) is 12.0. The molecule has 6 nitrogen and oxygen atoms in total. The van der Waals surface area contributed by atoms with Gasteiger partial charge in [0.2, 0.25) is 5.91 Å². The molecule has 1 amide bonds. The van der Waals surface area contributed by atoms with Crippen molar-refractivity contribution in [2.45, 2.75) is 51.0 Å². The van der Waals surface area contributed by atoms with Gasteiger partial charge in [-0.3, -0.25) is 9.59 Å². The summed E-state index contributed by atoms with van der Waals surface area (Å²) in [5.41, 5.74) is 0.673. The second-order valence-corrected chi connectivity index (χ2v) is 5.97. The number of benzene rings is 1. The highest BCUT2D eigenvalue weighted by Crippen LogP contribution is 2.17. The molecule has 1 atom stereocenters. The molecule has 6 heteroatoms. The molecular weight excluding hydrogens is 322 g/mol. The Balaban J connectivity index is 2.25. The molecule has 0 aliphatic rings. The fourth-order valence-corrected chi connectivity index (χ4v) is 2.44. The van der Waals surface area contributed by atoms with Gasteiger partial charge >= 0.3 is 5.97 Å². The number of aromatic hydroxyl groups is 1. The summed E-state index contributed by atoms with van der Waals surface area (Å²) in [6, 6.07) is 6.38. The number of hydrogen-bond donors (Lipinski definition) is 4. The summed E-state index contributed by atoms with van der Waals surface area (Å²) in [4.78, 5) is 22.2. The van der Waals surface area contributed by atoms with E-state index >= 15 is 0 Å². The molecule has 1 rings (SSSR count). The van der Waals surface area contributed by atoms with Crippen LogP contribution in [0.5, 0.6) is 5.75 Å². The van der Waals surface area contributed by atoms with Crippen molar-refractivity contribution in [3.05, 3.63) is 42.0 Å². The van der Waals surface area contributed by atoms with Gasteiger partial charge in [-0.1, -0.05) is 37.1 Å². The van der Waals surface area contributed by atoms with E-state index in [1.807, 2.05) is 0 Å². The number of carbonyl (C=O) groups is 2. The molecule has 0 radical (unpaired) electrons. The van der Waals surface area contributed by atoms with Crippen molar-refractivity contribution in [2.24, 2.45) is 0 Å². The van der Waals surface area contributed by atoms with Crippen molar-refractivity contribution >= 4 is 11.9 Å². The summed E-state index contributed by atoms with van der Waals surface area (Å²) in [7, 11) is 0. The summed E-state index contributed by atoms with van der Waals surface area (Å²) in [6.45, 7) is -0.211. The third-order valence-corrected chi connectivity index (χ3v) is 3.81. The van der Waals surface area contributed by atoms with Crippen LogP contribution in [0.4, 0.5) is 0 Å². The molecule has 0 aliphatic heterocycles. The van der Waals surface area contributed by atoms with E-state index in [2.05, 4.69) is 5.32 Å². The van der Waals surface area contributed by atoms with Crippen LogP contribution < -0.4 is 5.32 Å². The van der Waals surface area contributed by atoms with Crippen LogP contribution >= 0.6 is 0 Å². The normalized spacial score (nSPS) is 12.2. The number of allylic oxidation sites excluding steroid dienone is 1. The smallest absolute Gasteiger partial charge is 0.303 e. The number of phenols is 1.